The zero-order valence-electron chi connectivity index (χ0n) is 16.8. The molecule has 0 bridgehead atoms. The number of hydrogen-bond acceptors (Lipinski definition) is 5. The first-order valence-corrected chi connectivity index (χ1v) is 10.7. The van der Waals surface area contributed by atoms with Crippen LogP contribution in [0, 0.1) is 15.9 Å². The average Bonchev–Trinajstić information content (AvgIpc) is 3.08. The smallest absolute Gasteiger partial charge is 0.291 e. The van der Waals surface area contributed by atoms with Crippen LogP contribution in [0.3, 0.4) is 0 Å². The molecular formula is C24H14BrFN2O5. The van der Waals surface area contributed by atoms with Crippen LogP contribution in [0.5, 0.6) is 0 Å². The van der Waals surface area contributed by atoms with Crippen molar-refractivity contribution in [2.45, 2.75) is 12.6 Å². The molecule has 1 unspecified atom stereocenters. The second-order valence-corrected chi connectivity index (χ2v) is 8.54. The molecule has 0 radical (unpaired) electrons. The number of halogens is 2. The fourth-order valence-electron chi connectivity index (χ4n) is 4.10. The fourth-order valence-corrected chi connectivity index (χ4v) is 4.46. The minimum atomic E-state index is -0.905. The molecule has 4 aromatic rings. The second kappa shape index (κ2) is 7.93. The minimum absolute atomic E-state index is 0.0517. The van der Waals surface area contributed by atoms with Gasteiger partial charge in [-0.15, -0.1) is 0 Å². The van der Waals surface area contributed by atoms with Crippen LogP contribution in [0.4, 0.5) is 10.1 Å². The summed E-state index contributed by atoms with van der Waals surface area (Å²) in [6.07, 6.45) is 0. The summed E-state index contributed by atoms with van der Waals surface area (Å²) in [5, 5.41) is 11.7. The Morgan fingerprint density at radius 2 is 1.82 bits per heavy atom. The van der Waals surface area contributed by atoms with Gasteiger partial charge in [0.15, 0.2) is 5.43 Å². The maximum absolute atomic E-state index is 13.5. The molecule has 2 heterocycles. The van der Waals surface area contributed by atoms with Gasteiger partial charge in [-0.3, -0.25) is 19.7 Å². The van der Waals surface area contributed by atoms with E-state index in [2.05, 4.69) is 15.9 Å². The van der Waals surface area contributed by atoms with Gasteiger partial charge in [-0.05, 0) is 41.5 Å². The zero-order valence-corrected chi connectivity index (χ0v) is 18.4. The molecule has 0 saturated heterocycles. The van der Waals surface area contributed by atoms with Crippen LogP contribution in [0.25, 0.3) is 11.0 Å². The number of carbonyl (C=O) groups excluding carboxylic acids is 1. The number of carbonyl (C=O) groups is 1. The number of amides is 1. The van der Waals surface area contributed by atoms with Crippen LogP contribution in [-0.2, 0) is 6.54 Å². The SMILES string of the molecule is O=C1c2oc3ccc(Br)cc3c(=O)c2C(c2cccc([N+](=O)[O-])c2)N1Cc1ccc(F)cc1. The molecule has 3 aromatic carbocycles. The third kappa shape index (κ3) is 3.60. The van der Waals surface area contributed by atoms with Crippen molar-refractivity contribution in [3.8, 4) is 0 Å². The van der Waals surface area contributed by atoms with Gasteiger partial charge in [0.1, 0.15) is 11.4 Å². The Morgan fingerprint density at radius 3 is 2.55 bits per heavy atom. The zero-order chi connectivity index (χ0) is 23.3. The number of hydrogen-bond donors (Lipinski definition) is 0. The van der Waals surface area contributed by atoms with E-state index in [-0.39, 0.29) is 40.0 Å². The van der Waals surface area contributed by atoms with E-state index in [1.54, 1.807) is 36.4 Å². The van der Waals surface area contributed by atoms with Crippen molar-refractivity contribution in [1.29, 1.82) is 0 Å². The van der Waals surface area contributed by atoms with E-state index in [1.807, 2.05) is 0 Å². The summed E-state index contributed by atoms with van der Waals surface area (Å²) >= 11 is 3.34. The first-order chi connectivity index (χ1) is 15.8. The fraction of sp³-hybridized carbons (Fsp3) is 0.0833. The summed E-state index contributed by atoms with van der Waals surface area (Å²) in [5.41, 5.74) is 0.861. The monoisotopic (exact) mass is 508 g/mol. The number of benzene rings is 3. The van der Waals surface area contributed by atoms with Gasteiger partial charge in [-0.25, -0.2) is 4.39 Å². The number of nitro groups is 1. The summed E-state index contributed by atoms with van der Waals surface area (Å²) in [6.45, 7) is 0.0517. The Labute approximate surface area is 194 Å². The third-order valence-corrected chi connectivity index (χ3v) is 6.08. The first kappa shape index (κ1) is 21.0. The predicted octanol–water partition coefficient (Wildman–Crippen LogP) is 5.35. The van der Waals surface area contributed by atoms with Crippen molar-refractivity contribution in [2.24, 2.45) is 0 Å². The van der Waals surface area contributed by atoms with Gasteiger partial charge in [0.2, 0.25) is 5.76 Å². The Bertz CT molecular complexity index is 1500. The standard InChI is InChI=1S/C24H14BrFN2O5/c25-15-6-9-19-18(11-15)22(29)20-21(14-2-1-3-17(10-14)28(31)32)27(24(30)23(20)33-19)12-13-4-7-16(26)8-5-13/h1-11,21H,12H2. The Balaban J connectivity index is 1.73. The van der Waals surface area contributed by atoms with E-state index < -0.39 is 22.7 Å². The van der Waals surface area contributed by atoms with Gasteiger partial charge < -0.3 is 9.32 Å². The van der Waals surface area contributed by atoms with Crippen LogP contribution < -0.4 is 5.43 Å². The molecule has 0 saturated carbocycles. The van der Waals surface area contributed by atoms with Gasteiger partial charge in [-0.1, -0.05) is 40.2 Å². The molecule has 7 nitrogen and oxygen atoms in total. The summed E-state index contributed by atoms with van der Waals surface area (Å²) in [4.78, 5) is 39.2. The van der Waals surface area contributed by atoms with E-state index in [0.717, 1.165) is 0 Å². The second-order valence-electron chi connectivity index (χ2n) is 7.63. The van der Waals surface area contributed by atoms with Crippen LogP contribution in [0.2, 0.25) is 0 Å². The Hall–Kier alpha value is -3.85. The van der Waals surface area contributed by atoms with E-state index in [1.165, 1.54) is 35.2 Å². The first-order valence-electron chi connectivity index (χ1n) is 9.89. The van der Waals surface area contributed by atoms with Gasteiger partial charge in [0.05, 0.1) is 21.9 Å². The molecule has 1 aliphatic rings. The normalized spacial score (nSPS) is 15.2. The van der Waals surface area contributed by atoms with Gasteiger partial charge in [0.25, 0.3) is 11.6 Å². The van der Waals surface area contributed by atoms with E-state index in [0.29, 0.717) is 15.6 Å². The minimum Gasteiger partial charge on any atom is -0.450 e. The molecule has 1 amide bonds. The topological polar surface area (TPSA) is 93.7 Å². The number of non-ortho nitro benzene ring substituents is 1. The van der Waals surface area contributed by atoms with Gasteiger partial charge >= 0.3 is 0 Å². The summed E-state index contributed by atoms with van der Waals surface area (Å²) in [6, 6.07) is 15.5. The lowest BCUT2D eigenvalue weighted by atomic mass is 9.98. The van der Waals surface area contributed by atoms with E-state index >= 15 is 0 Å². The highest BCUT2D eigenvalue weighted by Crippen LogP contribution is 2.40. The van der Waals surface area contributed by atoms with Crippen molar-refractivity contribution in [2.75, 3.05) is 0 Å². The van der Waals surface area contributed by atoms with Crippen LogP contribution >= 0.6 is 15.9 Å². The number of rotatable bonds is 4. The summed E-state index contributed by atoms with van der Waals surface area (Å²) in [7, 11) is 0. The van der Waals surface area contributed by atoms with Crippen molar-refractivity contribution in [1.82, 2.24) is 4.90 Å². The predicted molar refractivity (Wildman–Crippen MR) is 121 cm³/mol. The van der Waals surface area contributed by atoms with Crippen LogP contribution in [0.15, 0.2) is 80.4 Å². The lowest BCUT2D eigenvalue weighted by Gasteiger charge is -2.25. The maximum atomic E-state index is 13.5. The quantitative estimate of drug-likeness (QED) is 0.273. The number of nitro benzene ring substituents is 1. The number of nitrogens with zero attached hydrogens (tertiary/aromatic N) is 2. The van der Waals surface area contributed by atoms with Gasteiger partial charge in [-0.2, -0.15) is 0 Å². The molecule has 1 atom stereocenters. The number of fused-ring (bicyclic) bond motifs is 2. The molecular weight excluding hydrogens is 495 g/mol. The molecule has 1 aliphatic heterocycles. The van der Waals surface area contributed by atoms with E-state index in [4.69, 9.17) is 4.42 Å². The summed E-state index contributed by atoms with van der Waals surface area (Å²) in [5.74, 6) is -1.04. The molecule has 0 spiro atoms. The molecule has 33 heavy (non-hydrogen) atoms. The lowest BCUT2D eigenvalue weighted by Crippen LogP contribution is -2.29. The van der Waals surface area contributed by atoms with Gasteiger partial charge in [0, 0.05) is 23.2 Å². The lowest BCUT2D eigenvalue weighted by molar-refractivity contribution is -0.384. The maximum Gasteiger partial charge on any atom is 0.291 e. The Morgan fingerprint density at radius 1 is 1.06 bits per heavy atom. The average molecular weight is 509 g/mol. The van der Waals surface area contributed by atoms with Crippen molar-refractivity contribution in [3.63, 3.8) is 0 Å². The third-order valence-electron chi connectivity index (χ3n) is 5.59. The van der Waals surface area contributed by atoms with Crippen molar-refractivity contribution >= 4 is 38.5 Å². The molecule has 0 N–H and O–H groups in total. The highest BCUT2D eigenvalue weighted by Gasteiger charge is 2.43. The van der Waals surface area contributed by atoms with Crippen molar-refractivity contribution < 1.29 is 18.5 Å². The highest BCUT2D eigenvalue weighted by molar-refractivity contribution is 9.10. The highest BCUT2D eigenvalue weighted by atomic mass is 79.9. The molecule has 1 aromatic heterocycles. The van der Waals surface area contributed by atoms with Crippen LogP contribution in [-0.4, -0.2) is 15.7 Å². The van der Waals surface area contributed by atoms with E-state index in [9.17, 15) is 24.1 Å². The summed E-state index contributed by atoms with van der Waals surface area (Å²) < 4.78 is 19.9. The molecule has 164 valence electrons. The van der Waals surface area contributed by atoms with Crippen LogP contribution in [0.1, 0.15) is 33.3 Å². The molecule has 5 rings (SSSR count). The molecule has 0 fully saturated rings. The Kier molecular flexibility index (Phi) is 5.05. The largest absolute Gasteiger partial charge is 0.450 e. The van der Waals surface area contributed by atoms with Crippen molar-refractivity contribution in [3.05, 3.63) is 120 Å². The molecule has 9 heteroatoms. The molecule has 0 aliphatic carbocycles.